The zero-order chi connectivity index (χ0) is 16.7. The number of amides is 1. The third kappa shape index (κ3) is 5.08. The van der Waals surface area contributed by atoms with E-state index in [-0.39, 0.29) is 11.8 Å². The number of rotatable bonds is 7. The topological polar surface area (TPSA) is 55.6 Å². The molecule has 1 unspecified atom stereocenters. The second-order valence-corrected chi connectivity index (χ2v) is 6.18. The average molecular weight is 377 g/mol. The number of nitrogens with two attached hydrogens (primary N) is 1. The van der Waals surface area contributed by atoms with E-state index in [0.717, 1.165) is 15.8 Å². The van der Waals surface area contributed by atoms with Crippen molar-refractivity contribution in [2.45, 2.75) is 5.92 Å². The molecule has 0 aliphatic carbocycles. The van der Waals surface area contributed by atoms with Crippen LogP contribution in [0.25, 0.3) is 0 Å². The van der Waals surface area contributed by atoms with Gasteiger partial charge in [0.05, 0.1) is 12.5 Å². The van der Waals surface area contributed by atoms with Crippen molar-refractivity contribution >= 4 is 21.8 Å². The molecule has 0 fully saturated rings. The van der Waals surface area contributed by atoms with Crippen LogP contribution in [0, 0.1) is 0 Å². The minimum absolute atomic E-state index is 0.0121. The number of benzene rings is 2. The molecule has 1 atom stereocenters. The van der Waals surface area contributed by atoms with Gasteiger partial charge in [-0.25, -0.2) is 0 Å². The van der Waals surface area contributed by atoms with Crippen molar-refractivity contribution in [1.82, 2.24) is 4.90 Å². The van der Waals surface area contributed by atoms with Crippen LogP contribution < -0.4 is 10.5 Å². The summed E-state index contributed by atoms with van der Waals surface area (Å²) in [5, 5.41) is 0. The van der Waals surface area contributed by atoms with Gasteiger partial charge in [-0.15, -0.1) is 0 Å². The molecule has 2 N–H and O–H groups in total. The fraction of sp³-hybridized carbons (Fsp3) is 0.278. The van der Waals surface area contributed by atoms with Gasteiger partial charge in [0.2, 0.25) is 5.91 Å². The Balaban J connectivity index is 1.87. The van der Waals surface area contributed by atoms with Crippen LogP contribution in [0.3, 0.4) is 0 Å². The first kappa shape index (κ1) is 17.5. The van der Waals surface area contributed by atoms with Gasteiger partial charge in [0.15, 0.2) is 0 Å². The van der Waals surface area contributed by atoms with Crippen molar-refractivity contribution in [1.29, 1.82) is 0 Å². The Hall–Kier alpha value is -1.85. The van der Waals surface area contributed by atoms with E-state index in [1.807, 2.05) is 54.6 Å². The second kappa shape index (κ2) is 8.70. The van der Waals surface area contributed by atoms with Crippen molar-refractivity contribution in [3.8, 4) is 5.75 Å². The summed E-state index contributed by atoms with van der Waals surface area (Å²) in [6.07, 6.45) is 0. The highest BCUT2D eigenvalue weighted by Crippen LogP contribution is 2.18. The van der Waals surface area contributed by atoms with E-state index in [4.69, 9.17) is 10.5 Å². The monoisotopic (exact) mass is 376 g/mol. The van der Waals surface area contributed by atoms with E-state index < -0.39 is 0 Å². The van der Waals surface area contributed by atoms with E-state index in [1.165, 1.54) is 0 Å². The third-order valence-corrected chi connectivity index (χ3v) is 4.15. The lowest BCUT2D eigenvalue weighted by atomic mass is 9.98. The molecule has 0 heterocycles. The number of carbonyl (C=O) groups excluding carboxylic acids is 1. The lowest BCUT2D eigenvalue weighted by molar-refractivity contribution is -0.131. The Bertz CT molecular complexity index is 617. The normalized spacial score (nSPS) is 11.8. The summed E-state index contributed by atoms with van der Waals surface area (Å²) in [6.45, 7) is 1.24. The summed E-state index contributed by atoms with van der Waals surface area (Å²) >= 11 is 3.38. The van der Waals surface area contributed by atoms with E-state index >= 15 is 0 Å². The fourth-order valence-electron chi connectivity index (χ4n) is 2.27. The molecule has 0 aliphatic heterocycles. The molecule has 2 rings (SSSR count). The zero-order valence-corrected chi connectivity index (χ0v) is 14.7. The minimum Gasteiger partial charge on any atom is -0.492 e. The molecule has 4 nitrogen and oxygen atoms in total. The Labute approximate surface area is 145 Å². The number of ether oxygens (including phenoxy) is 1. The average Bonchev–Trinajstić information content (AvgIpc) is 2.58. The van der Waals surface area contributed by atoms with Gasteiger partial charge in [0, 0.05) is 18.1 Å². The molecule has 0 saturated heterocycles. The van der Waals surface area contributed by atoms with E-state index in [2.05, 4.69) is 15.9 Å². The summed E-state index contributed by atoms with van der Waals surface area (Å²) in [7, 11) is 1.78. The number of hydrogen-bond donors (Lipinski definition) is 1. The molecule has 23 heavy (non-hydrogen) atoms. The van der Waals surface area contributed by atoms with E-state index in [0.29, 0.717) is 19.7 Å². The van der Waals surface area contributed by atoms with Crippen molar-refractivity contribution in [3.63, 3.8) is 0 Å². The summed E-state index contributed by atoms with van der Waals surface area (Å²) < 4.78 is 6.66. The van der Waals surface area contributed by atoms with Crippen LogP contribution in [-0.4, -0.2) is 37.6 Å². The van der Waals surface area contributed by atoms with Crippen molar-refractivity contribution in [2.24, 2.45) is 5.73 Å². The molecular formula is C18H21BrN2O2. The molecule has 1 amide bonds. The van der Waals surface area contributed by atoms with Crippen molar-refractivity contribution in [2.75, 3.05) is 26.7 Å². The summed E-state index contributed by atoms with van der Waals surface area (Å²) in [5.74, 6) is 0.486. The number of nitrogens with zero attached hydrogens (tertiary/aromatic N) is 1. The minimum atomic E-state index is -0.311. The van der Waals surface area contributed by atoms with Gasteiger partial charge >= 0.3 is 0 Å². The molecular weight excluding hydrogens is 356 g/mol. The van der Waals surface area contributed by atoms with Gasteiger partial charge in [-0.3, -0.25) is 4.79 Å². The highest BCUT2D eigenvalue weighted by atomic mass is 79.9. The van der Waals surface area contributed by atoms with Crippen LogP contribution >= 0.6 is 15.9 Å². The predicted octanol–water partition coefficient (Wildman–Crippen LogP) is 3.03. The highest BCUT2D eigenvalue weighted by molar-refractivity contribution is 9.10. The maximum atomic E-state index is 12.5. The number of halogens is 1. The number of likely N-dealkylation sites (N-methyl/N-ethyl adjacent to an activating group) is 1. The predicted molar refractivity (Wildman–Crippen MR) is 95.5 cm³/mol. The molecule has 0 aliphatic rings. The zero-order valence-electron chi connectivity index (χ0n) is 13.1. The van der Waals surface area contributed by atoms with Crippen LogP contribution in [0.5, 0.6) is 5.75 Å². The van der Waals surface area contributed by atoms with Gasteiger partial charge in [-0.05, 0) is 29.8 Å². The molecule has 0 radical (unpaired) electrons. The molecule has 122 valence electrons. The Kier molecular flexibility index (Phi) is 6.62. The molecule has 2 aromatic carbocycles. The largest absolute Gasteiger partial charge is 0.492 e. The van der Waals surface area contributed by atoms with Crippen LogP contribution in [0.15, 0.2) is 59.1 Å². The molecule has 2 aromatic rings. The van der Waals surface area contributed by atoms with Crippen molar-refractivity contribution < 1.29 is 9.53 Å². The van der Waals surface area contributed by atoms with Crippen LogP contribution in [0.2, 0.25) is 0 Å². The van der Waals surface area contributed by atoms with Crippen LogP contribution in [0.1, 0.15) is 11.5 Å². The summed E-state index contributed by atoms with van der Waals surface area (Å²) in [5.41, 5.74) is 6.74. The van der Waals surface area contributed by atoms with Gasteiger partial charge in [0.25, 0.3) is 0 Å². The van der Waals surface area contributed by atoms with Gasteiger partial charge in [-0.2, -0.15) is 0 Å². The summed E-state index contributed by atoms with van der Waals surface area (Å²) in [6, 6.07) is 17.2. The first-order valence-corrected chi connectivity index (χ1v) is 8.29. The Morgan fingerprint density at radius 1 is 1.17 bits per heavy atom. The maximum absolute atomic E-state index is 12.5. The first-order valence-electron chi connectivity index (χ1n) is 7.50. The molecule has 0 aromatic heterocycles. The maximum Gasteiger partial charge on any atom is 0.231 e. The summed E-state index contributed by atoms with van der Waals surface area (Å²) in [4.78, 5) is 14.2. The molecule has 0 spiro atoms. The Morgan fingerprint density at radius 2 is 1.83 bits per heavy atom. The Morgan fingerprint density at radius 3 is 2.43 bits per heavy atom. The van der Waals surface area contributed by atoms with Crippen LogP contribution in [-0.2, 0) is 4.79 Å². The third-order valence-electron chi connectivity index (χ3n) is 3.62. The van der Waals surface area contributed by atoms with E-state index in [9.17, 15) is 4.79 Å². The van der Waals surface area contributed by atoms with E-state index in [1.54, 1.807) is 11.9 Å². The second-order valence-electron chi connectivity index (χ2n) is 5.26. The molecule has 5 heteroatoms. The van der Waals surface area contributed by atoms with Crippen LogP contribution in [0.4, 0.5) is 0 Å². The smallest absolute Gasteiger partial charge is 0.231 e. The fourth-order valence-corrected chi connectivity index (χ4v) is 2.54. The SMILES string of the molecule is CN(CCOc1ccc(Br)cc1)C(=O)C(CN)c1ccccc1. The van der Waals surface area contributed by atoms with Crippen molar-refractivity contribution in [3.05, 3.63) is 64.6 Å². The van der Waals surface area contributed by atoms with Gasteiger partial charge in [-0.1, -0.05) is 46.3 Å². The lowest BCUT2D eigenvalue weighted by Crippen LogP contribution is -2.37. The highest BCUT2D eigenvalue weighted by Gasteiger charge is 2.22. The lowest BCUT2D eigenvalue weighted by Gasteiger charge is -2.23. The van der Waals surface area contributed by atoms with Gasteiger partial charge < -0.3 is 15.4 Å². The first-order chi connectivity index (χ1) is 11.1. The number of hydrogen-bond acceptors (Lipinski definition) is 3. The molecule has 0 bridgehead atoms. The standard InChI is InChI=1S/C18H21BrN2O2/c1-21(11-12-23-16-9-7-15(19)8-10-16)18(22)17(13-20)14-5-3-2-4-6-14/h2-10,17H,11-13,20H2,1H3. The number of carbonyl (C=O) groups is 1. The molecule has 0 saturated carbocycles. The quantitative estimate of drug-likeness (QED) is 0.807. The van der Waals surface area contributed by atoms with Gasteiger partial charge in [0.1, 0.15) is 12.4 Å².